The van der Waals surface area contributed by atoms with Gasteiger partial charge < -0.3 is 4.57 Å². The number of hydrogen-bond donors (Lipinski definition) is 1. The molecule has 2 aromatic carbocycles. The highest BCUT2D eigenvalue weighted by molar-refractivity contribution is 7.99. The number of unbranched alkanes of at least 4 members (excludes halogenated alkanes) is 1. The number of fused-ring (bicyclic) bond motifs is 1. The van der Waals surface area contributed by atoms with Gasteiger partial charge >= 0.3 is 0 Å². The molecule has 0 aliphatic rings. The monoisotopic (exact) mass is 446 g/mol. The highest BCUT2D eigenvalue weighted by Gasteiger charge is 2.14. The first-order valence-corrected chi connectivity index (χ1v) is 12.2. The fourth-order valence-corrected chi connectivity index (χ4v) is 5.43. The van der Waals surface area contributed by atoms with Gasteiger partial charge in [-0.25, -0.2) is 4.98 Å². The van der Waals surface area contributed by atoms with Gasteiger partial charge in [-0.3, -0.25) is 0 Å². The van der Waals surface area contributed by atoms with Gasteiger partial charge in [0.2, 0.25) is 5.82 Å². The molecule has 8 heteroatoms. The molecular formula is C23H22N6S2. The lowest BCUT2D eigenvalue weighted by atomic mass is 9.98. The summed E-state index contributed by atoms with van der Waals surface area (Å²) in [6.45, 7) is 3.04. The molecule has 0 saturated heterocycles. The summed E-state index contributed by atoms with van der Waals surface area (Å²) >= 11 is 3.56. The predicted molar refractivity (Wildman–Crippen MR) is 127 cm³/mol. The maximum Gasteiger partial charge on any atom is 0.205 e. The van der Waals surface area contributed by atoms with Crippen LogP contribution in [-0.2, 0) is 6.54 Å². The van der Waals surface area contributed by atoms with E-state index < -0.39 is 0 Å². The van der Waals surface area contributed by atoms with Crippen molar-refractivity contribution in [3.05, 3.63) is 64.9 Å². The fraction of sp³-hybridized carbons (Fsp3) is 0.217. The van der Waals surface area contributed by atoms with Crippen LogP contribution in [0.4, 0.5) is 0 Å². The summed E-state index contributed by atoms with van der Waals surface area (Å²) in [7, 11) is 0. The van der Waals surface area contributed by atoms with Crippen LogP contribution in [0.3, 0.4) is 0 Å². The number of thioether (sulfide) groups is 1. The van der Waals surface area contributed by atoms with Crippen LogP contribution >= 0.6 is 23.1 Å². The molecule has 6 nitrogen and oxygen atoms in total. The molecule has 3 heterocycles. The van der Waals surface area contributed by atoms with Crippen LogP contribution in [0.5, 0.6) is 0 Å². The topological polar surface area (TPSA) is 72.3 Å². The van der Waals surface area contributed by atoms with E-state index >= 15 is 0 Å². The molecule has 0 saturated carbocycles. The molecule has 0 aliphatic carbocycles. The quantitative estimate of drug-likeness (QED) is 0.238. The third kappa shape index (κ3) is 4.13. The molecule has 0 bridgehead atoms. The first-order chi connectivity index (χ1) is 15.3. The van der Waals surface area contributed by atoms with Crippen molar-refractivity contribution in [1.82, 2.24) is 30.2 Å². The van der Waals surface area contributed by atoms with Crippen LogP contribution in [0.25, 0.3) is 33.5 Å². The molecule has 0 spiro atoms. The van der Waals surface area contributed by atoms with Crippen molar-refractivity contribution in [3.63, 3.8) is 0 Å². The van der Waals surface area contributed by atoms with Gasteiger partial charge in [0, 0.05) is 22.1 Å². The molecule has 0 unspecified atom stereocenters. The number of imidazole rings is 1. The minimum Gasteiger partial charge on any atom is -0.314 e. The van der Waals surface area contributed by atoms with E-state index in [1.165, 1.54) is 23.9 Å². The highest BCUT2D eigenvalue weighted by Crippen LogP contribution is 2.31. The molecule has 5 aromatic rings. The molecule has 0 amide bonds. The number of aromatic amines is 1. The van der Waals surface area contributed by atoms with Crippen molar-refractivity contribution in [2.75, 3.05) is 5.75 Å². The lowest BCUT2D eigenvalue weighted by Gasteiger charge is -2.11. The van der Waals surface area contributed by atoms with E-state index in [4.69, 9.17) is 4.98 Å². The highest BCUT2D eigenvalue weighted by atomic mass is 32.2. The van der Waals surface area contributed by atoms with Crippen molar-refractivity contribution in [3.8, 4) is 22.5 Å². The fourth-order valence-electron chi connectivity index (χ4n) is 3.58. The normalized spacial score (nSPS) is 11.4. The molecule has 0 aliphatic heterocycles. The van der Waals surface area contributed by atoms with Gasteiger partial charge in [0.15, 0.2) is 5.16 Å². The summed E-state index contributed by atoms with van der Waals surface area (Å²) in [6, 6.07) is 16.9. The number of hydrogen-bond acceptors (Lipinski definition) is 6. The Morgan fingerprint density at radius 3 is 2.65 bits per heavy atom. The molecule has 156 valence electrons. The number of nitrogens with one attached hydrogen (secondary N) is 1. The van der Waals surface area contributed by atoms with Crippen LogP contribution in [-0.4, -0.2) is 35.9 Å². The summed E-state index contributed by atoms with van der Waals surface area (Å²) in [5.41, 5.74) is 6.75. The van der Waals surface area contributed by atoms with Crippen LogP contribution in [0.1, 0.15) is 25.3 Å². The average molecular weight is 447 g/mol. The minimum atomic E-state index is 0.603. The molecule has 1 N–H and O–H groups in total. The number of benzene rings is 2. The van der Waals surface area contributed by atoms with Gasteiger partial charge in [-0.2, -0.15) is 5.21 Å². The van der Waals surface area contributed by atoms with Crippen LogP contribution in [0.15, 0.2) is 64.4 Å². The predicted octanol–water partition coefficient (Wildman–Crippen LogP) is 5.89. The first-order valence-electron chi connectivity index (χ1n) is 10.3. The third-order valence-electron chi connectivity index (χ3n) is 5.21. The Labute approximate surface area is 188 Å². The zero-order chi connectivity index (χ0) is 21.0. The second-order valence-corrected chi connectivity index (χ2v) is 9.11. The van der Waals surface area contributed by atoms with E-state index in [2.05, 4.69) is 73.2 Å². The summed E-state index contributed by atoms with van der Waals surface area (Å²) in [4.78, 5) is 4.86. The molecule has 0 atom stereocenters. The second-order valence-electron chi connectivity index (χ2n) is 7.30. The van der Waals surface area contributed by atoms with Crippen molar-refractivity contribution >= 4 is 34.1 Å². The lowest BCUT2D eigenvalue weighted by molar-refractivity contribution is 0.730. The van der Waals surface area contributed by atoms with Crippen LogP contribution in [0, 0.1) is 0 Å². The summed E-state index contributed by atoms with van der Waals surface area (Å²) < 4.78 is 2.34. The molecular weight excluding hydrogens is 424 g/mol. The zero-order valence-electron chi connectivity index (χ0n) is 17.2. The Bertz CT molecular complexity index is 1270. The van der Waals surface area contributed by atoms with E-state index in [0.29, 0.717) is 5.82 Å². The Morgan fingerprint density at radius 1 is 1.03 bits per heavy atom. The van der Waals surface area contributed by atoms with E-state index in [9.17, 15) is 0 Å². The van der Waals surface area contributed by atoms with Gasteiger partial charge in [-0.05, 0) is 28.3 Å². The number of nitrogens with zero attached hydrogens (tertiary/aromatic N) is 5. The molecule has 0 fully saturated rings. The number of thiophene rings is 1. The molecule has 3 aromatic heterocycles. The second kappa shape index (κ2) is 9.03. The summed E-state index contributed by atoms with van der Waals surface area (Å²) in [5.74, 6) is 1.71. The van der Waals surface area contributed by atoms with Crippen molar-refractivity contribution < 1.29 is 0 Å². The SMILES string of the molecule is CCCCSc1nc2cscc2n1Cc1ccc(-c2ccccc2-c2nn[nH]n2)cc1. The Balaban J connectivity index is 1.42. The van der Waals surface area contributed by atoms with Gasteiger partial charge in [0.25, 0.3) is 0 Å². The Kier molecular flexibility index (Phi) is 5.82. The van der Waals surface area contributed by atoms with E-state index in [0.717, 1.165) is 39.7 Å². The third-order valence-corrected chi connectivity index (χ3v) is 6.99. The Morgan fingerprint density at radius 2 is 1.87 bits per heavy atom. The number of H-pyrrole nitrogens is 1. The average Bonchev–Trinajstić information content (AvgIpc) is 3.54. The van der Waals surface area contributed by atoms with Crippen LogP contribution in [0.2, 0.25) is 0 Å². The van der Waals surface area contributed by atoms with E-state index in [1.807, 2.05) is 30.0 Å². The van der Waals surface area contributed by atoms with E-state index in [-0.39, 0.29) is 0 Å². The molecule has 0 radical (unpaired) electrons. The maximum absolute atomic E-state index is 4.86. The van der Waals surface area contributed by atoms with Gasteiger partial charge in [-0.1, -0.05) is 73.6 Å². The summed E-state index contributed by atoms with van der Waals surface area (Å²) in [6.07, 6.45) is 2.41. The van der Waals surface area contributed by atoms with Crippen molar-refractivity contribution in [1.29, 1.82) is 0 Å². The van der Waals surface area contributed by atoms with E-state index in [1.54, 1.807) is 11.3 Å². The number of rotatable bonds is 8. The molecule has 31 heavy (non-hydrogen) atoms. The van der Waals surface area contributed by atoms with Gasteiger partial charge in [-0.15, -0.1) is 21.5 Å². The van der Waals surface area contributed by atoms with Crippen molar-refractivity contribution in [2.24, 2.45) is 0 Å². The van der Waals surface area contributed by atoms with Crippen molar-refractivity contribution in [2.45, 2.75) is 31.5 Å². The number of tetrazole rings is 1. The number of aromatic nitrogens is 6. The Hall–Kier alpha value is -2.97. The van der Waals surface area contributed by atoms with Crippen LogP contribution < -0.4 is 0 Å². The summed E-state index contributed by atoms with van der Waals surface area (Å²) in [5, 5.41) is 20.0. The van der Waals surface area contributed by atoms with Gasteiger partial charge in [0.1, 0.15) is 5.52 Å². The maximum atomic E-state index is 4.86. The molecule has 5 rings (SSSR count). The van der Waals surface area contributed by atoms with Gasteiger partial charge in [0.05, 0.1) is 12.1 Å². The minimum absolute atomic E-state index is 0.603. The zero-order valence-corrected chi connectivity index (χ0v) is 18.8. The lowest BCUT2D eigenvalue weighted by Crippen LogP contribution is -2.01. The smallest absolute Gasteiger partial charge is 0.205 e. The standard InChI is InChI=1S/C23H22N6S2/c1-2-3-12-31-23-24-20-14-30-15-21(20)29(23)13-16-8-10-17(11-9-16)18-6-4-5-7-19(18)22-25-27-28-26-22/h4-11,14-15H,2-3,12-13H2,1H3,(H,25,26,27,28). The largest absolute Gasteiger partial charge is 0.314 e. The first kappa shape index (κ1) is 20.0.